The van der Waals surface area contributed by atoms with Crippen LogP contribution < -0.4 is 0 Å². The Morgan fingerprint density at radius 2 is 2.07 bits per heavy atom. The van der Waals surface area contributed by atoms with E-state index in [9.17, 15) is 8.42 Å². The first-order chi connectivity index (χ1) is 6.92. The molecule has 0 N–H and O–H groups in total. The molecule has 5 heteroatoms. The summed E-state index contributed by atoms with van der Waals surface area (Å²) in [6, 6.07) is 3.59. The molecule has 0 saturated heterocycles. The van der Waals surface area contributed by atoms with E-state index in [1.807, 2.05) is 6.07 Å². The van der Waals surface area contributed by atoms with Crippen molar-refractivity contribution in [1.29, 1.82) is 5.26 Å². The third kappa shape index (κ3) is 2.16. The lowest BCUT2D eigenvalue weighted by Crippen LogP contribution is -2.10. The second-order valence-electron chi connectivity index (χ2n) is 3.28. The van der Waals surface area contributed by atoms with Crippen molar-refractivity contribution in [3.63, 3.8) is 0 Å². The van der Waals surface area contributed by atoms with Gasteiger partial charge in [0.2, 0.25) is 0 Å². The largest absolute Gasteiger partial charge is 0.240 e. The summed E-state index contributed by atoms with van der Waals surface area (Å²) in [5, 5.41) is 8.80. The van der Waals surface area contributed by atoms with Crippen molar-refractivity contribution in [2.45, 2.75) is 25.8 Å². The molecule has 1 heterocycles. The summed E-state index contributed by atoms with van der Waals surface area (Å²) >= 11 is 0. The molecular weight excluding hydrogens is 212 g/mol. The standard InChI is InChI=1S/C10H12N2O2S/c1-4-15(13,14)10-9(6-11)7(2)5-8(3)12-10/h5H,4H2,1-3H3. The number of hydrogen-bond donors (Lipinski definition) is 0. The number of hydrogen-bond acceptors (Lipinski definition) is 4. The third-order valence-electron chi connectivity index (χ3n) is 2.10. The fraction of sp³-hybridized carbons (Fsp3) is 0.400. The molecule has 0 aliphatic rings. The van der Waals surface area contributed by atoms with Crippen molar-refractivity contribution in [1.82, 2.24) is 4.98 Å². The number of nitrogens with zero attached hydrogens (tertiary/aromatic N) is 2. The number of sulfone groups is 1. The molecule has 0 aliphatic heterocycles. The summed E-state index contributed by atoms with van der Waals surface area (Å²) in [5.41, 5.74) is 1.41. The maximum Gasteiger partial charge on any atom is 0.196 e. The SMILES string of the molecule is CCS(=O)(=O)c1nc(C)cc(C)c1C#N. The molecule has 0 spiro atoms. The number of rotatable bonds is 2. The average Bonchev–Trinajstić information content (AvgIpc) is 2.16. The van der Waals surface area contributed by atoms with E-state index in [0.717, 1.165) is 0 Å². The van der Waals surface area contributed by atoms with Crippen LogP contribution >= 0.6 is 0 Å². The number of aryl methyl sites for hydroxylation is 2. The lowest BCUT2D eigenvalue weighted by atomic mass is 10.1. The van der Waals surface area contributed by atoms with Crippen LogP contribution in [0.5, 0.6) is 0 Å². The van der Waals surface area contributed by atoms with Crippen LogP contribution in [0.2, 0.25) is 0 Å². The average molecular weight is 224 g/mol. The fourth-order valence-corrected chi connectivity index (χ4v) is 2.37. The molecule has 1 aromatic rings. The van der Waals surface area contributed by atoms with Crippen molar-refractivity contribution < 1.29 is 8.42 Å². The molecular formula is C10H12N2O2S. The van der Waals surface area contributed by atoms with Gasteiger partial charge >= 0.3 is 0 Å². The molecule has 0 unspecified atom stereocenters. The molecule has 0 aromatic carbocycles. The van der Waals surface area contributed by atoms with Crippen molar-refractivity contribution in [3.8, 4) is 6.07 Å². The summed E-state index contributed by atoms with van der Waals surface area (Å²) < 4.78 is 23.3. The Labute approximate surface area is 89.5 Å². The van der Waals surface area contributed by atoms with Gasteiger partial charge in [-0.3, -0.25) is 0 Å². The molecule has 0 saturated carbocycles. The van der Waals surface area contributed by atoms with E-state index in [-0.39, 0.29) is 16.3 Å². The van der Waals surface area contributed by atoms with Gasteiger partial charge < -0.3 is 0 Å². The Bertz CT molecular complexity index is 527. The van der Waals surface area contributed by atoms with Gasteiger partial charge in [0.25, 0.3) is 0 Å². The Hall–Kier alpha value is -1.41. The van der Waals surface area contributed by atoms with Crippen LogP contribution in [0, 0.1) is 25.2 Å². The van der Waals surface area contributed by atoms with Crippen molar-refractivity contribution in [2.75, 3.05) is 5.75 Å². The topological polar surface area (TPSA) is 70.8 Å². The summed E-state index contributed by atoms with van der Waals surface area (Å²) in [6.07, 6.45) is 0. The molecule has 1 rings (SSSR count). The monoisotopic (exact) mass is 224 g/mol. The highest BCUT2D eigenvalue weighted by atomic mass is 32.2. The number of pyridine rings is 1. The first-order valence-corrected chi connectivity index (χ1v) is 6.18. The van der Waals surface area contributed by atoms with Gasteiger partial charge in [-0.2, -0.15) is 5.26 Å². The van der Waals surface area contributed by atoms with Crippen LogP contribution in [-0.4, -0.2) is 19.2 Å². The van der Waals surface area contributed by atoms with Gasteiger partial charge in [-0.15, -0.1) is 0 Å². The molecule has 15 heavy (non-hydrogen) atoms. The lowest BCUT2D eigenvalue weighted by molar-refractivity contribution is 0.592. The zero-order valence-electron chi connectivity index (χ0n) is 8.90. The summed E-state index contributed by atoms with van der Waals surface area (Å²) in [6.45, 7) is 4.96. The highest BCUT2D eigenvalue weighted by molar-refractivity contribution is 7.91. The maximum atomic E-state index is 11.7. The van der Waals surface area contributed by atoms with Gasteiger partial charge in [-0.1, -0.05) is 6.92 Å². The highest BCUT2D eigenvalue weighted by Gasteiger charge is 2.20. The second kappa shape index (κ2) is 3.99. The Morgan fingerprint density at radius 1 is 1.47 bits per heavy atom. The highest BCUT2D eigenvalue weighted by Crippen LogP contribution is 2.18. The van der Waals surface area contributed by atoms with Crippen molar-refractivity contribution in [3.05, 3.63) is 22.9 Å². The van der Waals surface area contributed by atoms with Gasteiger partial charge in [-0.25, -0.2) is 13.4 Å². The maximum absolute atomic E-state index is 11.7. The molecule has 0 atom stereocenters. The predicted molar refractivity (Wildman–Crippen MR) is 56.2 cm³/mol. The molecule has 0 aliphatic carbocycles. The molecule has 1 aromatic heterocycles. The Kier molecular flexibility index (Phi) is 3.10. The first kappa shape index (κ1) is 11.7. The van der Waals surface area contributed by atoms with E-state index in [2.05, 4.69) is 4.98 Å². The smallest absolute Gasteiger partial charge is 0.196 e. The summed E-state index contributed by atoms with van der Waals surface area (Å²) in [7, 11) is -3.42. The lowest BCUT2D eigenvalue weighted by Gasteiger charge is -2.06. The molecule has 80 valence electrons. The number of nitriles is 1. The first-order valence-electron chi connectivity index (χ1n) is 4.53. The normalized spacial score (nSPS) is 11.1. The van der Waals surface area contributed by atoms with Crippen molar-refractivity contribution in [2.24, 2.45) is 0 Å². The van der Waals surface area contributed by atoms with Gasteiger partial charge in [0, 0.05) is 5.69 Å². The molecule has 0 radical (unpaired) electrons. The zero-order valence-corrected chi connectivity index (χ0v) is 9.72. The van der Waals surface area contributed by atoms with Crippen LogP contribution in [-0.2, 0) is 9.84 Å². The number of aromatic nitrogens is 1. The third-order valence-corrected chi connectivity index (χ3v) is 3.74. The van der Waals surface area contributed by atoms with Crippen LogP contribution in [0.4, 0.5) is 0 Å². The van der Waals surface area contributed by atoms with E-state index in [1.165, 1.54) is 6.92 Å². The summed E-state index contributed by atoms with van der Waals surface area (Å²) in [4.78, 5) is 3.94. The van der Waals surface area contributed by atoms with Crippen LogP contribution in [0.15, 0.2) is 11.1 Å². The molecule has 4 nitrogen and oxygen atoms in total. The van der Waals surface area contributed by atoms with E-state index in [0.29, 0.717) is 11.3 Å². The minimum Gasteiger partial charge on any atom is -0.240 e. The van der Waals surface area contributed by atoms with Gasteiger partial charge in [0.05, 0.1) is 11.3 Å². The second-order valence-corrected chi connectivity index (χ2v) is 5.47. The van der Waals surface area contributed by atoms with Crippen molar-refractivity contribution >= 4 is 9.84 Å². The Morgan fingerprint density at radius 3 is 2.53 bits per heavy atom. The van der Waals surface area contributed by atoms with Crippen LogP contribution in [0.3, 0.4) is 0 Å². The minimum absolute atomic E-state index is 0.0441. The molecule has 0 amide bonds. The molecule has 0 bridgehead atoms. The van der Waals surface area contributed by atoms with Gasteiger partial charge in [0.1, 0.15) is 6.07 Å². The fourth-order valence-electron chi connectivity index (χ4n) is 1.30. The van der Waals surface area contributed by atoms with E-state index >= 15 is 0 Å². The van der Waals surface area contributed by atoms with Gasteiger partial charge in [0.15, 0.2) is 14.9 Å². The van der Waals surface area contributed by atoms with E-state index < -0.39 is 9.84 Å². The van der Waals surface area contributed by atoms with Crippen LogP contribution in [0.25, 0.3) is 0 Å². The summed E-state index contributed by atoms with van der Waals surface area (Å²) in [5.74, 6) is -0.0441. The van der Waals surface area contributed by atoms with E-state index in [4.69, 9.17) is 5.26 Å². The van der Waals surface area contributed by atoms with Crippen LogP contribution in [0.1, 0.15) is 23.7 Å². The molecule has 0 fully saturated rings. The predicted octanol–water partition coefficient (Wildman–Crippen LogP) is 1.36. The minimum atomic E-state index is -3.42. The van der Waals surface area contributed by atoms with Gasteiger partial charge in [-0.05, 0) is 25.5 Å². The quantitative estimate of drug-likeness (QED) is 0.760. The zero-order chi connectivity index (χ0) is 11.6. The van der Waals surface area contributed by atoms with E-state index in [1.54, 1.807) is 19.9 Å². The Balaban J connectivity index is 3.63.